The third-order valence-corrected chi connectivity index (χ3v) is 8.48. The number of rotatable bonds is 7. The predicted molar refractivity (Wildman–Crippen MR) is 110 cm³/mol. The zero-order valence-electron chi connectivity index (χ0n) is 15.8. The highest BCUT2D eigenvalue weighted by atomic mass is 32.2. The Bertz CT molecular complexity index is 721. The summed E-state index contributed by atoms with van der Waals surface area (Å²) in [6.07, 6.45) is 2.11. The van der Waals surface area contributed by atoms with Crippen LogP contribution in [0.25, 0.3) is 0 Å². The molecule has 1 amide bonds. The van der Waals surface area contributed by atoms with Crippen LogP contribution in [0.2, 0.25) is 0 Å². The summed E-state index contributed by atoms with van der Waals surface area (Å²) in [6.45, 7) is 3.51. The normalized spacial score (nSPS) is 25.2. The molecule has 3 atom stereocenters. The lowest BCUT2D eigenvalue weighted by molar-refractivity contribution is -0.123. The molecule has 1 aromatic carbocycles. The van der Waals surface area contributed by atoms with Crippen molar-refractivity contribution in [3.05, 3.63) is 35.9 Å². The molecule has 27 heavy (non-hydrogen) atoms. The molecule has 6 nitrogen and oxygen atoms in total. The molecule has 0 radical (unpaired) electrons. The number of carbonyl (C=O) groups excluding carboxylic acids is 1. The molecule has 2 saturated heterocycles. The van der Waals surface area contributed by atoms with Crippen molar-refractivity contribution in [2.24, 2.45) is 0 Å². The Kier molecular flexibility index (Phi) is 7.19. The van der Waals surface area contributed by atoms with Crippen LogP contribution in [0.15, 0.2) is 30.3 Å². The van der Waals surface area contributed by atoms with E-state index in [1.54, 1.807) is 16.1 Å². The summed E-state index contributed by atoms with van der Waals surface area (Å²) in [7, 11) is -3.33. The van der Waals surface area contributed by atoms with Gasteiger partial charge in [0.05, 0.1) is 11.3 Å². The first-order chi connectivity index (χ1) is 13.0. The van der Waals surface area contributed by atoms with Crippen LogP contribution < -0.4 is 10.6 Å². The molecule has 2 heterocycles. The highest BCUT2D eigenvalue weighted by Gasteiger charge is 2.40. The van der Waals surface area contributed by atoms with Crippen LogP contribution >= 0.6 is 11.8 Å². The molecular weight excluding hydrogens is 382 g/mol. The number of amides is 1. The summed E-state index contributed by atoms with van der Waals surface area (Å²) in [6, 6.07) is 9.82. The van der Waals surface area contributed by atoms with Gasteiger partial charge in [0.1, 0.15) is 0 Å². The molecule has 150 valence electrons. The number of hydrogen-bond acceptors (Lipinski definition) is 5. The summed E-state index contributed by atoms with van der Waals surface area (Å²) in [5.74, 6) is 1.60. The number of benzene rings is 1. The lowest BCUT2D eigenvalue weighted by Gasteiger charge is -2.28. The number of sulfonamides is 1. The third-order valence-electron chi connectivity index (χ3n) is 5.26. The first-order valence-electron chi connectivity index (χ1n) is 9.61. The third kappa shape index (κ3) is 5.47. The molecule has 8 heteroatoms. The van der Waals surface area contributed by atoms with E-state index in [4.69, 9.17) is 0 Å². The second kappa shape index (κ2) is 9.41. The smallest absolute Gasteiger partial charge is 0.237 e. The Labute approximate surface area is 166 Å². The molecule has 2 aliphatic rings. The van der Waals surface area contributed by atoms with E-state index in [2.05, 4.69) is 22.8 Å². The van der Waals surface area contributed by atoms with Gasteiger partial charge in [0.25, 0.3) is 0 Å². The molecule has 2 fully saturated rings. The van der Waals surface area contributed by atoms with Crippen molar-refractivity contribution in [2.45, 2.75) is 43.5 Å². The van der Waals surface area contributed by atoms with Gasteiger partial charge in [-0.15, -0.1) is 0 Å². The standard InChI is InChI=1S/C19H29N3O3S2/c1-15(7-8-16-5-3-2-4-6-16)21-19(23)18-13-17(14-20-18)27(24,25)22-9-11-26-12-10-22/h2-6,15,17-18,20H,7-14H2,1H3,(H,21,23). The molecule has 0 saturated carbocycles. The maximum atomic E-state index is 12.8. The number of hydrogen-bond donors (Lipinski definition) is 2. The van der Waals surface area contributed by atoms with Crippen LogP contribution in [-0.2, 0) is 21.2 Å². The molecule has 2 aliphatic heterocycles. The molecule has 0 spiro atoms. The van der Waals surface area contributed by atoms with Gasteiger partial charge in [0.15, 0.2) is 0 Å². The first-order valence-corrected chi connectivity index (χ1v) is 12.3. The molecule has 0 aliphatic carbocycles. The average molecular weight is 412 g/mol. The van der Waals surface area contributed by atoms with E-state index in [1.165, 1.54) is 5.56 Å². The molecule has 1 aromatic rings. The van der Waals surface area contributed by atoms with Crippen LogP contribution in [0.1, 0.15) is 25.3 Å². The van der Waals surface area contributed by atoms with Crippen molar-refractivity contribution >= 4 is 27.7 Å². The van der Waals surface area contributed by atoms with Gasteiger partial charge >= 0.3 is 0 Å². The van der Waals surface area contributed by atoms with Crippen LogP contribution in [0, 0.1) is 0 Å². The summed E-state index contributed by atoms with van der Waals surface area (Å²) in [5, 5.41) is 5.63. The first kappa shape index (κ1) is 20.6. The van der Waals surface area contributed by atoms with Gasteiger partial charge < -0.3 is 10.6 Å². The van der Waals surface area contributed by atoms with Crippen LogP contribution in [-0.4, -0.2) is 67.1 Å². The SMILES string of the molecule is CC(CCc1ccccc1)NC(=O)C1CC(S(=O)(=O)N2CCSCC2)CN1. The van der Waals surface area contributed by atoms with E-state index < -0.39 is 21.3 Å². The van der Waals surface area contributed by atoms with Gasteiger partial charge in [-0.25, -0.2) is 8.42 Å². The van der Waals surface area contributed by atoms with Crippen molar-refractivity contribution in [3.63, 3.8) is 0 Å². The molecule has 3 rings (SSSR count). The maximum absolute atomic E-state index is 12.8. The van der Waals surface area contributed by atoms with Gasteiger partial charge in [0.2, 0.25) is 15.9 Å². The second-order valence-electron chi connectivity index (χ2n) is 7.31. The van der Waals surface area contributed by atoms with E-state index in [0.29, 0.717) is 26.1 Å². The van der Waals surface area contributed by atoms with E-state index in [-0.39, 0.29) is 11.9 Å². The lowest BCUT2D eigenvalue weighted by Crippen LogP contribution is -2.44. The fraction of sp³-hybridized carbons (Fsp3) is 0.632. The van der Waals surface area contributed by atoms with Crippen molar-refractivity contribution in [1.82, 2.24) is 14.9 Å². The zero-order chi connectivity index (χ0) is 19.3. The van der Waals surface area contributed by atoms with Crippen LogP contribution in [0.4, 0.5) is 0 Å². The average Bonchev–Trinajstić information content (AvgIpc) is 3.19. The fourth-order valence-electron chi connectivity index (χ4n) is 3.59. The minimum absolute atomic E-state index is 0.0503. The minimum Gasteiger partial charge on any atom is -0.352 e. The molecule has 3 unspecified atom stereocenters. The highest BCUT2D eigenvalue weighted by molar-refractivity contribution is 7.99. The Morgan fingerprint density at radius 2 is 2.00 bits per heavy atom. The van der Waals surface area contributed by atoms with Gasteiger partial charge in [-0.1, -0.05) is 30.3 Å². The Hall–Kier alpha value is -1.09. The van der Waals surface area contributed by atoms with Gasteiger partial charge in [0, 0.05) is 37.2 Å². The minimum atomic E-state index is -3.33. The highest BCUT2D eigenvalue weighted by Crippen LogP contribution is 2.22. The van der Waals surface area contributed by atoms with Crippen LogP contribution in [0.5, 0.6) is 0 Å². The van der Waals surface area contributed by atoms with Crippen molar-refractivity contribution < 1.29 is 13.2 Å². The molecule has 0 bridgehead atoms. The topological polar surface area (TPSA) is 78.5 Å². The maximum Gasteiger partial charge on any atom is 0.237 e. The van der Waals surface area contributed by atoms with Gasteiger partial charge in [-0.3, -0.25) is 4.79 Å². The molecular formula is C19H29N3O3S2. The summed E-state index contributed by atoms with van der Waals surface area (Å²) in [5.41, 5.74) is 1.25. The number of thioether (sulfide) groups is 1. The van der Waals surface area contributed by atoms with E-state index in [0.717, 1.165) is 24.3 Å². The summed E-state index contributed by atoms with van der Waals surface area (Å²) < 4.78 is 27.2. The quantitative estimate of drug-likeness (QED) is 0.706. The van der Waals surface area contributed by atoms with Gasteiger partial charge in [-0.2, -0.15) is 16.1 Å². The van der Waals surface area contributed by atoms with Gasteiger partial charge in [-0.05, 0) is 31.7 Å². The molecule has 2 N–H and O–H groups in total. The fourth-order valence-corrected chi connectivity index (χ4v) is 6.58. The van der Waals surface area contributed by atoms with Crippen molar-refractivity contribution in [3.8, 4) is 0 Å². The largest absolute Gasteiger partial charge is 0.352 e. The number of aryl methyl sites for hydroxylation is 1. The molecule has 0 aromatic heterocycles. The predicted octanol–water partition coefficient (Wildman–Crippen LogP) is 1.23. The van der Waals surface area contributed by atoms with E-state index in [1.807, 2.05) is 25.1 Å². The van der Waals surface area contributed by atoms with E-state index >= 15 is 0 Å². The van der Waals surface area contributed by atoms with E-state index in [9.17, 15) is 13.2 Å². The van der Waals surface area contributed by atoms with Crippen molar-refractivity contribution in [2.75, 3.05) is 31.1 Å². The Morgan fingerprint density at radius 1 is 1.30 bits per heavy atom. The lowest BCUT2D eigenvalue weighted by atomic mass is 10.1. The number of nitrogens with zero attached hydrogens (tertiary/aromatic N) is 1. The Morgan fingerprint density at radius 3 is 2.70 bits per heavy atom. The van der Waals surface area contributed by atoms with Crippen molar-refractivity contribution in [1.29, 1.82) is 0 Å². The zero-order valence-corrected chi connectivity index (χ0v) is 17.4. The second-order valence-corrected chi connectivity index (χ2v) is 10.7. The van der Waals surface area contributed by atoms with Crippen LogP contribution in [0.3, 0.4) is 0 Å². The Balaban J connectivity index is 1.47. The number of carbonyl (C=O) groups is 1. The summed E-state index contributed by atoms with van der Waals surface area (Å²) >= 11 is 1.79. The summed E-state index contributed by atoms with van der Waals surface area (Å²) in [4.78, 5) is 12.5. The monoisotopic (exact) mass is 411 g/mol. The number of nitrogens with one attached hydrogen (secondary N) is 2.